The number of amides is 1. The Balaban J connectivity index is 2.02. The molecule has 1 aliphatic heterocycles. The van der Waals surface area contributed by atoms with Gasteiger partial charge in [0.25, 0.3) is 0 Å². The van der Waals surface area contributed by atoms with Gasteiger partial charge < -0.3 is 4.90 Å². The summed E-state index contributed by atoms with van der Waals surface area (Å²) in [7, 11) is -3.08. The van der Waals surface area contributed by atoms with Crippen molar-refractivity contribution in [1.29, 1.82) is 0 Å². The Morgan fingerprint density at radius 1 is 1.36 bits per heavy atom. The zero-order chi connectivity index (χ0) is 15.7. The van der Waals surface area contributed by atoms with Crippen molar-refractivity contribution in [1.82, 2.24) is 4.98 Å². The Bertz CT molecular complexity index is 822. The van der Waals surface area contributed by atoms with Crippen LogP contribution in [0.2, 0.25) is 0 Å². The lowest BCUT2D eigenvalue weighted by atomic mass is 10.1. The lowest BCUT2D eigenvalue weighted by Crippen LogP contribution is -2.42. The number of aromatic nitrogens is 1. The molecule has 3 rings (SSSR count). The standard InChI is InChI=1S/C15H15ClN2O3S/c16-9-15(19)18(13-5-7-22(20,21)10-13)12-3-4-14-11(8-12)2-1-6-17-14/h1-4,6,8,13H,5,7,9-10H2/t13-/m0/s1. The van der Waals surface area contributed by atoms with E-state index in [1.54, 1.807) is 12.3 Å². The average Bonchev–Trinajstić information content (AvgIpc) is 2.87. The second-order valence-electron chi connectivity index (χ2n) is 5.33. The zero-order valence-corrected chi connectivity index (χ0v) is 13.3. The van der Waals surface area contributed by atoms with E-state index in [2.05, 4.69) is 4.98 Å². The van der Waals surface area contributed by atoms with Crippen molar-refractivity contribution in [2.75, 3.05) is 22.3 Å². The third kappa shape index (κ3) is 2.94. The molecule has 2 heterocycles. The molecule has 0 N–H and O–H groups in total. The molecular weight excluding hydrogens is 324 g/mol. The molecule has 1 amide bonds. The second kappa shape index (κ2) is 5.85. The Morgan fingerprint density at radius 3 is 2.86 bits per heavy atom. The number of fused-ring (bicyclic) bond motifs is 1. The molecule has 0 bridgehead atoms. The van der Waals surface area contributed by atoms with Crippen molar-refractivity contribution >= 4 is 43.9 Å². The third-order valence-corrected chi connectivity index (χ3v) is 5.80. The van der Waals surface area contributed by atoms with Gasteiger partial charge in [-0.1, -0.05) is 6.07 Å². The summed E-state index contributed by atoms with van der Waals surface area (Å²) in [4.78, 5) is 18.0. The maximum atomic E-state index is 12.2. The number of pyridine rings is 1. The van der Waals surface area contributed by atoms with Gasteiger partial charge in [-0.05, 0) is 30.7 Å². The summed E-state index contributed by atoms with van der Waals surface area (Å²) in [5.41, 5.74) is 1.48. The lowest BCUT2D eigenvalue weighted by molar-refractivity contribution is -0.116. The van der Waals surface area contributed by atoms with Crippen molar-refractivity contribution in [3.63, 3.8) is 0 Å². The fraction of sp³-hybridized carbons (Fsp3) is 0.333. The van der Waals surface area contributed by atoms with Crippen LogP contribution in [0.3, 0.4) is 0 Å². The number of sulfone groups is 1. The van der Waals surface area contributed by atoms with E-state index in [4.69, 9.17) is 11.6 Å². The number of carbonyl (C=O) groups excluding carboxylic acids is 1. The molecule has 1 aliphatic rings. The minimum Gasteiger partial charge on any atom is -0.307 e. The van der Waals surface area contributed by atoms with Crippen LogP contribution in [-0.4, -0.2) is 42.7 Å². The number of benzene rings is 1. The number of alkyl halides is 1. The SMILES string of the molecule is O=C(CCl)N(c1ccc2ncccc2c1)[C@H]1CCS(=O)(=O)C1. The molecule has 116 valence electrons. The molecule has 0 saturated carbocycles. The number of carbonyl (C=O) groups is 1. The Hall–Kier alpha value is -1.66. The molecule has 1 saturated heterocycles. The topological polar surface area (TPSA) is 67.3 Å². The highest BCUT2D eigenvalue weighted by Crippen LogP contribution is 2.27. The summed E-state index contributed by atoms with van der Waals surface area (Å²) in [5, 5.41) is 0.897. The van der Waals surface area contributed by atoms with Crippen LogP contribution in [0.1, 0.15) is 6.42 Å². The molecule has 1 aromatic heterocycles. The summed E-state index contributed by atoms with van der Waals surface area (Å²) in [6, 6.07) is 8.82. The van der Waals surface area contributed by atoms with Gasteiger partial charge in [-0.2, -0.15) is 0 Å². The van der Waals surface area contributed by atoms with Gasteiger partial charge in [0.1, 0.15) is 5.88 Å². The molecule has 5 nitrogen and oxygen atoms in total. The Kier molecular flexibility index (Phi) is 4.06. The van der Waals surface area contributed by atoms with E-state index in [0.29, 0.717) is 12.1 Å². The van der Waals surface area contributed by atoms with Gasteiger partial charge >= 0.3 is 0 Å². The van der Waals surface area contributed by atoms with E-state index in [1.807, 2.05) is 24.3 Å². The maximum absolute atomic E-state index is 12.2. The summed E-state index contributed by atoms with van der Waals surface area (Å²) in [6.45, 7) is 0. The van der Waals surface area contributed by atoms with E-state index < -0.39 is 9.84 Å². The quantitative estimate of drug-likeness (QED) is 0.803. The number of anilines is 1. The van der Waals surface area contributed by atoms with E-state index in [9.17, 15) is 13.2 Å². The van der Waals surface area contributed by atoms with Crippen LogP contribution in [-0.2, 0) is 14.6 Å². The van der Waals surface area contributed by atoms with E-state index in [-0.39, 0.29) is 29.3 Å². The molecule has 22 heavy (non-hydrogen) atoms. The van der Waals surface area contributed by atoms with Crippen molar-refractivity contribution in [3.05, 3.63) is 36.5 Å². The lowest BCUT2D eigenvalue weighted by Gasteiger charge is -2.28. The fourth-order valence-electron chi connectivity index (χ4n) is 2.81. The summed E-state index contributed by atoms with van der Waals surface area (Å²) < 4.78 is 23.4. The maximum Gasteiger partial charge on any atom is 0.242 e. The molecule has 0 unspecified atom stereocenters. The molecule has 0 radical (unpaired) electrons. The second-order valence-corrected chi connectivity index (χ2v) is 7.83. The Morgan fingerprint density at radius 2 is 2.18 bits per heavy atom. The van der Waals surface area contributed by atoms with E-state index in [0.717, 1.165) is 10.9 Å². The summed E-state index contributed by atoms with van der Waals surface area (Å²) >= 11 is 5.71. The van der Waals surface area contributed by atoms with Gasteiger partial charge in [-0.15, -0.1) is 11.6 Å². The monoisotopic (exact) mass is 338 g/mol. The molecule has 1 atom stereocenters. The molecular formula is C15H15ClN2O3S. The van der Waals surface area contributed by atoms with Crippen molar-refractivity contribution in [2.24, 2.45) is 0 Å². The van der Waals surface area contributed by atoms with Crippen LogP contribution in [0.5, 0.6) is 0 Å². The normalized spacial score (nSPS) is 20.1. The van der Waals surface area contributed by atoms with Gasteiger partial charge in [0.15, 0.2) is 9.84 Å². The average molecular weight is 339 g/mol. The van der Waals surface area contributed by atoms with Crippen molar-refractivity contribution < 1.29 is 13.2 Å². The smallest absolute Gasteiger partial charge is 0.242 e. The Labute approximate surface area is 133 Å². The minimum atomic E-state index is -3.08. The number of hydrogen-bond acceptors (Lipinski definition) is 4. The molecule has 1 fully saturated rings. The van der Waals surface area contributed by atoms with Crippen molar-refractivity contribution in [3.8, 4) is 0 Å². The zero-order valence-electron chi connectivity index (χ0n) is 11.8. The first-order chi connectivity index (χ1) is 10.5. The van der Waals surface area contributed by atoms with Crippen LogP contribution >= 0.6 is 11.6 Å². The highest BCUT2D eigenvalue weighted by molar-refractivity contribution is 7.91. The van der Waals surface area contributed by atoms with Gasteiger partial charge in [0.2, 0.25) is 5.91 Å². The third-order valence-electron chi connectivity index (χ3n) is 3.82. The molecule has 0 aliphatic carbocycles. The van der Waals surface area contributed by atoms with Crippen LogP contribution in [0.15, 0.2) is 36.5 Å². The van der Waals surface area contributed by atoms with Gasteiger partial charge in [0.05, 0.1) is 23.1 Å². The van der Waals surface area contributed by atoms with Gasteiger partial charge in [0, 0.05) is 17.3 Å². The number of rotatable bonds is 3. The predicted molar refractivity (Wildman–Crippen MR) is 87.0 cm³/mol. The number of halogens is 1. The predicted octanol–water partition coefficient (Wildman–Crippen LogP) is 1.99. The van der Waals surface area contributed by atoms with Crippen LogP contribution in [0.4, 0.5) is 5.69 Å². The van der Waals surface area contributed by atoms with Gasteiger partial charge in [-0.25, -0.2) is 8.42 Å². The van der Waals surface area contributed by atoms with Crippen LogP contribution < -0.4 is 4.90 Å². The molecule has 2 aromatic rings. The summed E-state index contributed by atoms with van der Waals surface area (Å²) in [5.74, 6) is -0.367. The number of nitrogens with zero attached hydrogens (tertiary/aromatic N) is 2. The molecule has 0 spiro atoms. The first kappa shape index (κ1) is 15.2. The van der Waals surface area contributed by atoms with E-state index in [1.165, 1.54) is 4.90 Å². The highest BCUT2D eigenvalue weighted by Gasteiger charge is 2.35. The van der Waals surface area contributed by atoms with Crippen LogP contribution in [0.25, 0.3) is 10.9 Å². The largest absolute Gasteiger partial charge is 0.307 e. The molecule has 7 heteroatoms. The molecule has 1 aromatic carbocycles. The number of hydrogen-bond donors (Lipinski definition) is 0. The van der Waals surface area contributed by atoms with Crippen molar-refractivity contribution in [2.45, 2.75) is 12.5 Å². The van der Waals surface area contributed by atoms with Gasteiger partial charge in [-0.3, -0.25) is 9.78 Å². The first-order valence-electron chi connectivity index (χ1n) is 6.93. The fourth-order valence-corrected chi connectivity index (χ4v) is 4.64. The highest BCUT2D eigenvalue weighted by atomic mass is 35.5. The van der Waals surface area contributed by atoms with E-state index >= 15 is 0 Å². The minimum absolute atomic E-state index is 0.0132. The van der Waals surface area contributed by atoms with Crippen LogP contribution in [0, 0.1) is 0 Å². The summed E-state index contributed by atoms with van der Waals surface area (Å²) in [6.07, 6.45) is 2.14. The first-order valence-corrected chi connectivity index (χ1v) is 9.29.